The van der Waals surface area contributed by atoms with Gasteiger partial charge in [0.1, 0.15) is 17.5 Å². The van der Waals surface area contributed by atoms with Crippen LogP contribution in [0.2, 0.25) is 0 Å². The van der Waals surface area contributed by atoms with E-state index in [1.165, 1.54) is 16.2 Å². The summed E-state index contributed by atoms with van der Waals surface area (Å²) in [6.07, 6.45) is 6.60. The normalized spacial score (nSPS) is 15.1. The SMILES string of the molecule is O=C(C[S@@](=O)CC(=O)N(c1cnc2ccccc2c1)[C@@H](C(=O)NC1CCCCC1)c1cccs1)Nc1ccc(Br)cc1. The number of hydrogen-bond acceptors (Lipinski definition) is 6. The third kappa shape index (κ3) is 7.70. The van der Waals surface area contributed by atoms with Crippen LogP contribution in [0.1, 0.15) is 43.0 Å². The van der Waals surface area contributed by atoms with Crippen LogP contribution < -0.4 is 15.5 Å². The van der Waals surface area contributed by atoms with E-state index in [9.17, 15) is 18.6 Å². The van der Waals surface area contributed by atoms with Crippen LogP contribution in [0.25, 0.3) is 10.9 Å². The minimum atomic E-state index is -1.82. The molecule has 2 aromatic heterocycles. The molecule has 2 aromatic carbocycles. The summed E-state index contributed by atoms with van der Waals surface area (Å²) in [6.45, 7) is 0. The highest BCUT2D eigenvalue weighted by atomic mass is 79.9. The van der Waals surface area contributed by atoms with Crippen LogP contribution in [0.15, 0.2) is 82.8 Å². The molecule has 0 spiro atoms. The van der Waals surface area contributed by atoms with Crippen LogP contribution in [-0.4, -0.2) is 44.5 Å². The Labute approximate surface area is 259 Å². The Balaban J connectivity index is 1.42. The lowest BCUT2D eigenvalue weighted by molar-refractivity contribution is -0.126. The van der Waals surface area contributed by atoms with Gasteiger partial charge in [-0.1, -0.05) is 59.5 Å². The van der Waals surface area contributed by atoms with Gasteiger partial charge < -0.3 is 10.6 Å². The number of carbonyl (C=O) groups is 3. The van der Waals surface area contributed by atoms with Gasteiger partial charge in [-0.15, -0.1) is 11.3 Å². The molecule has 5 rings (SSSR count). The first kappa shape index (κ1) is 30.1. The number of thiophene rings is 1. The Kier molecular flexibility index (Phi) is 10.1. The van der Waals surface area contributed by atoms with Crippen molar-refractivity contribution in [1.29, 1.82) is 0 Å². The molecule has 1 saturated carbocycles. The van der Waals surface area contributed by atoms with Crippen LogP contribution in [0.4, 0.5) is 11.4 Å². The second-order valence-electron chi connectivity index (χ2n) is 10.2. The average molecular weight is 668 g/mol. The van der Waals surface area contributed by atoms with E-state index in [-0.39, 0.29) is 17.7 Å². The minimum absolute atomic E-state index is 0.0387. The molecule has 0 radical (unpaired) electrons. The third-order valence-electron chi connectivity index (χ3n) is 7.10. The number of nitrogens with one attached hydrogen (secondary N) is 2. The molecule has 0 unspecified atom stereocenters. The Morgan fingerprint density at radius 3 is 2.50 bits per heavy atom. The van der Waals surface area contributed by atoms with E-state index in [0.717, 1.165) is 47.5 Å². The molecule has 2 atom stereocenters. The van der Waals surface area contributed by atoms with Gasteiger partial charge in [-0.3, -0.25) is 28.5 Å². The van der Waals surface area contributed by atoms with Crippen molar-refractivity contribution in [2.24, 2.45) is 0 Å². The average Bonchev–Trinajstić information content (AvgIpc) is 3.51. The molecular weight excluding hydrogens is 636 g/mol. The van der Waals surface area contributed by atoms with Gasteiger partial charge in [0.15, 0.2) is 0 Å². The number of aromatic nitrogens is 1. The molecular formula is C31H31BrN4O4S2. The van der Waals surface area contributed by atoms with E-state index in [0.29, 0.717) is 16.3 Å². The lowest BCUT2D eigenvalue weighted by Gasteiger charge is -2.32. The van der Waals surface area contributed by atoms with Gasteiger partial charge in [-0.2, -0.15) is 0 Å². The van der Waals surface area contributed by atoms with Crippen molar-refractivity contribution in [2.75, 3.05) is 21.7 Å². The lowest BCUT2D eigenvalue weighted by atomic mass is 9.95. The van der Waals surface area contributed by atoms with Crippen molar-refractivity contribution in [2.45, 2.75) is 44.2 Å². The van der Waals surface area contributed by atoms with Crippen LogP contribution >= 0.6 is 27.3 Å². The van der Waals surface area contributed by atoms with Crippen molar-refractivity contribution in [1.82, 2.24) is 10.3 Å². The number of amides is 3. The highest BCUT2D eigenvalue weighted by Crippen LogP contribution is 2.33. The fourth-order valence-corrected chi connectivity index (χ4v) is 7.07. The molecule has 0 aliphatic heterocycles. The zero-order chi connectivity index (χ0) is 29.5. The number of carbonyl (C=O) groups excluding carboxylic acids is 3. The molecule has 11 heteroatoms. The number of nitrogens with zero attached hydrogens (tertiary/aromatic N) is 2. The van der Waals surface area contributed by atoms with Gasteiger partial charge in [0.25, 0.3) is 0 Å². The monoisotopic (exact) mass is 666 g/mol. The van der Waals surface area contributed by atoms with Crippen LogP contribution in [0.5, 0.6) is 0 Å². The highest BCUT2D eigenvalue weighted by Gasteiger charge is 2.35. The fraction of sp³-hybridized carbons (Fsp3) is 0.290. The summed E-state index contributed by atoms with van der Waals surface area (Å²) in [5.41, 5.74) is 1.74. The summed E-state index contributed by atoms with van der Waals surface area (Å²) in [7, 11) is -1.82. The molecule has 8 nitrogen and oxygen atoms in total. The standard InChI is InChI=1S/C31H31BrN4O4S2/c32-22-12-14-24(15-13-22)34-28(37)19-42(40)20-29(38)36(25-17-21-7-4-5-10-26(21)33-18-25)30(27-11-6-16-41-27)31(39)35-23-8-2-1-3-9-23/h4-7,10-18,23,30H,1-3,8-9,19-20H2,(H,34,37)(H,35,39)/t30-,42-/m1/s1. The number of hydrogen-bond donors (Lipinski definition) is 2. The minimum Gasteiger partial charge on any atom is -0.351 e. The first-order chi connectivity index (χ1) is 20.4. The molecule has 42 heavy (non-hydrogen) atoms. The predicted molar refractivity (Wildman–Crippen MR) is 172 cm³/mol. The summed E-state index contributed by atoms with van der Waals surface area (Å²) in [4.78, 5) is 47.1. The number of para-hydroxylation sites is 1. The van der Waals surface area contributed by atoms with Crippen molar-refractivity contribution < 1.29 is 18.6 Å². The summed E-state index contributed by atoms with van der Waals surface area (Å²) in [5, 5.41) is 8.56. The first-order valence-electron chi connectivity index (χ1n) is 13.8. The number of benzene rings is 2. The molecule has 0 saturated heterocycles. The predicted octanol–water partition coefficient (Wildman–Crippen LogP) is 5.97. The second kappa shape index (κ2) is 14.2. The van der Waals surface area contributed by atoms with Gasteiger partial charge >= 0.3 is 0 Å². The maximum absolute atomic E-state index is 14.0. The Morgan fingerprint density at radius 2 is 1.76 bits per heavy atom. The van der Waals surface area contributed by atoms with Gasteiger partial charge in [0.2, 0.25) is 17.7 Å². The summed E-state index contributed by atoms with van der Waals surface area (Å²) in [6, 6.07) is 19.1. The first-order valence-corrected chi connectivity index (χ1v) is 16.9. The van der Waals surface area contributed by atoms with E-state index in [4.69, 9.17) is 0 Å². The molecule has 3 amide bonds. The van der Waals surface area contributed by atoms with E-state index < -0.39 is 34.4 Å². The third-order valence-corrected chi connectivity index (χ3v) is 9.70. The van der Waals surface area contributed by atoms with E-state index >= 15 is 0 Å². The zero-order valence-corrected chi connectivity index (χ0v) is 26.1. The number of halogens is 1. The largest absolute Gasteiger partial charge is 0.351 e. The number of rotatable bonds is 10. The van der Waals surface area contributed by atoms with Crippen LogP contribution in [-0.2, 0) is 25.2 Å². The molecule has 1 aliphatic carbocycles. The Bertz CT molecular complexity index is 1570. The van der Waals surface area contributed by atoms with Gasteiger partial charge in [-0.05, 0) is 60.7 Å². The van der Waals surface area contributed by atoms with Gasteiger partial charge in [-0.25, -0.2) is 0 Å². The van der Waals surface area contributed by atoms with E-state index in [1.807, 2.05) is 47.8 Å². The lowest BCUT2D eigenvalue weighted by Crippen LogP contribution is -2.48. The molecule has 1 aliphatic rings. The van der Waals surface area contributed by atoms with Gasteiger partial charge in [0.05, 0.1) is 17.4 Å². The maximum atomic E-state index is 14.0. The molecule has 218 valence electrons. The summed E-state index contributed by atoms with van der Waals surface area (Å²) in [5.74, 6) is -2.07. The molecule has 0 bridgehead atoms. The summed E-state index contributed by atoms with van der Waals surface area (Å²) >= 11 is 4.73. The van der Waals surface area contributed by atoms with Crippen LogP contribution in [0.3, 0.4) is 0 Å². The molecule has 2 N–H and O–H groups in total. The highest BCUT2D eigenvalue weighted by molar-refractivity contribution is 9.10. The smallest absolute Gasteiger partial charge is 0.248 e. The zero-order valence-electron chi connectivity index (χ0n) is 22.8. The Morgan fingerprint density at radius 1 is 1.00 bits per heavy atom. The molecule has 4 aromatic rings. The molecule has 1 fully saturated rings. The maximum Gasteiger partial charge on any atom is 0.248 e. The number of fused-ring (bicyclic) bond motifs is 1. The van der Waals surface area contributed by atoms with Crippen molar-refractivity contribution in [3.8, 4) is 0 Å². The fourth-order valence-electron chi connectivity index (χ4n) is 5.11. The van der Waals surface area contributed by atoms with Gasteiger partial charge in [0, 0.05) is 37.3 Å². The van der Waals surface area contributed by atoms with Crippen LogP contribution in [0, 0.1) is 0 Å². The number of pyridine rings is 1. The second-order valence-corrected chi connectivity index (χ2v) is 13.5. The topological polar surface area (TPSA) is 108 Å². The van der Waals surface area contributed by atoms with Crippen molar-refractivity contribution >= 4 is 78.1 Å². The van der Waals surface area contributed by atoms with E-state index in [1.54, 1.807) is 30.5 Å². The quantitative estimate of drug-likeness (QED) is 0.217. The van der Waals surface area contributed by atoms with Crippen molar-refractivity contribution in [3.63, 3.8) is 0 Å². The number of anilines is 2. The Hall–Kier alpha value is -3.41. The van der Waals surface area contributed by atoms with E-state index in [2.05, 4.69) is 31.5 Å². The van der Waals surface area contributed by atoms with Crippen molar-refractivity contribution in [3.05, 3.63) is 87.7 Å². The molecule has 2 heterocycles. The summed E-state index contributed by atoms with van der Waals surface area (Å²) < 4.78 is 14.0.